The van der Waals surface area contributed by atoms with Crippen molar-refractivity contribution < 1.29 is 4.74 Å². The van der Waals surface area contributed by atoms with Gasteiger partial charge in [0.25, 0.3) is 0 Å². The minimum atomic E-state index is 0.422. The van der Waals surface area contributed by atoms with Crippen LogP contribution in [0, 0.1) is 5.41 Å². The Balaban J connectivity index is 1.09. The summed E-state index contributed by atoms with van der Waals surface area (Å²) in [5, 5.41) is 11.2. The highest BCUT2D eigenvalue weighted by molar-refractivity contribution is 5.90. The summed E-state index contributed by atoms with van der Waals surface area (Å²) in [5.41, 5.74) is 2.69. The van der Waals surface area contributed by atoms with Crippen LogP contribution in [0.5, 0.6) is 5.75 Å². The standard InChI is InChI=1S/C30H35N5O/c1-35(2)28-23-10-6-7-11-25(23)33-29(34-28)32-21-14-16-30(17-15-21)18-27(30)31-19-24-22-9-5-4-8-20(22)12-13-26(24)36-3/h4-13,21,27,31H,14-19H2,1-3H3,(H,32,33,34)/t21?,27-,30?/m1/s1. The maximum absolute atomic E-state index is 5.70. The number of nitrogens with one attached hydrogen (secondary N) is 2. The molecule has 0 bridgehead atoms. The minimum Gasteiger partial charge on any atom is -0.496 e. The molecule has 0 amide bonds. The van der Waals surface area contributed by atoms with Crippen LogP contribution in [0.3, 0.4) is 0 Å². The molecule has 0 radical (unpaired) electrons. The Kier molecular flexibility index (Phi) is 5.92. The number of aromatic nitrogens is 2. The molecule has 6 rings (SSSR count). The molecule has 2 aliphatic rings. The second kappa shape index (κ2) is 9.25. The first-order valence-electron chi connectivity index (χ1n) is 13.0. The number of nitrogens with zero attached hydrogens (tertiary/aromatic N) is 3. The molecule has 1 aromatic heterocycles. The summed E-state index contributed by atoms with van der Waals surface area (Å²) in [6.07, 6.45) is 6.06. The van der Waals surface area contributed by atoms with Gasteiger partial charge in [0, 0.05) is 43.7 Å². The van der Waals surface area contributed by atoms with Gasteiger partial charge in [-0.1, -0.05) is 42.5 Å². The van der Waals surface area contributed by atoms with E-state index < -0.39 is 0 Å². The summed E-state index contributed by atoms with van der Waals surface area (Å²) in [6.45, 7) is 0.844. The van der Waals surface area contributed by atoms with E-state index in [1.807, 2.05) is 26.2 Å². The van der Waals surface area contributed by atoms with Gasteiger partial charge in [-0.3, -0.25) is 0 Å². The number of hydrogen-bond donors (Lipinski definition) is 2. The van der Waals surface area contributed by atoms with Gasteiger partial charge in [0.2, 0.25) is 5.95 Å². The van der Waals surface area contributed by atoms with Crippen LogP contribution in [-0.2, 0) is 6.54 Å². The number of ether oxygens (including phenoxy) is 1. The third kappa shape index (κ3) is 4.24. The van der Waals surface area contributed by atoms with Crippen molar-refractivity contribution in [3.8, 4) is 5.75 Å². The lowest BCUT2D eigenvalue weighted by Crippen LogP contribution is -2.32. The lowest BCUT2D eigenvalue weighted by atomic mass is 9.82. The van der Waals surface area contributed by atoms with Crippen molar-refractivity contribution in [2.75, 3.05) is 31.4 Å². The zero-order chi connectivity index (χ0) is 24.7. The molecule has 4 aromatic rings. The van der Waals surface area contributed by atoms with Gasteiger partial charge in [-0.25, -0.2) is 4.98 Å². The van der Waals surface area contributed by atoms with Crippen molar-refractivity contribution in [1.29, 1.82) is 0 Å². The second-order valence-corrected chi connectivity index (χ2v) is 10.7. The van der Waals surface area contributed by atoms with Gasteiger partial charge in [-0.15, -0.1) is 0 Å². The predicted molar refractivity (Wildman–Crippen MR) is 148 cm³/mol. The zero-order valence-corrected chi connectivity index (χ0v) is 21.4. The van der Waals surface area contributed by atoms with E-state index in [4.69, 9.17) is 14.7 Å². The highest BCUT2D eigenvalue weighted by atomic mass is 16.5. The van der Waals surface area contributed by atoms with Crippen LogP contribution in [0.1, 0.15) is 37.7 Å². The number of para-hydroxylation sites is 1. The second-order valence-electron chi connectivity index (χ2n) is 10.7. The first-order chi connectivity index (χ1) is 17.6. The number of fused-ring (bicyclic) bond motifs is 2. The summed E-state index contributed by atoms with van der Waals surface area (Å²) in [6, 6.07) is 22.1. The van der Waals surface area contributed by atoms with E-state index in [1.54, 1.807) is 7.11 Å². The average Bonchev–Trinajstić information content (AvgIpc) is 3.59. The minimum absolute atomic E-state index is 0.422. The van der Waals surface area contributed by atoms with E-state index in [-0.39, 0.29) is 0 Å². The van der Waals surface area contributed by atoms with Crippen LogP contribution in [-0.4, -0.2) is 43.3 Å². The van der Waals surface area contributed by atoms with E-state index in [0.29, 0.717) is 17.5 Å². The van der Waals surface area contributed by atoms with E-state index in [9.17, 15) is 0 Å². The third-order valence-corrected chi connectivity index (χ3v) is 8.25. The lowest BCUT2D eigenvalue weighted by Gasteiger charge is -2.30. The van der Waals surface area contributed by atoms with Crippen molar-refractivity contribution >= 4 is 33.4 Å². The number of benzene rings is 3. The van der Waals surface area contributed by atoms with Gasteiger partial charge >= 0.3 is 0 Å². The summed E-state index contributed by atoms with van der Waals surface area (Å²) in [5.74, 6) is 2.67. The lowest BCUT2D eigenvalue weighted by molar-refractivity contribution is 0.295. The van der Waals surface area contributed by atoms with E-state index in [1.165, 1.54) is 35.6 Å². The first-order valence-corrected chi connectivity index (χ1v) is 13.0. The molecule has 2 saturated carbocycles. The summed E-state index contributed by atoms with van der Waals surface area (Å²) >= 11 is 0. The molecule has 0 aliphatic heterocycles. The van der Waals surface area contributed by atoms with Crippen LogP contribution in [0.2, 0.25) is 0 Å². The van der Waals surface area contributed by atoms with Crippen LogP contribution < -0.4 is 20.3 Å². The van der Waals surface area contributed by atoms with Crippen molar-refractivity contribution in [2.45, 2.75) is 50.7 Å². The maximum atomic E-state index is 5.70. The Morgan fingerprint density at radius 1 is 0.944 bits per heavy atom. The maximum Gasteiger partial charge on any atom is 0.225 e. The fraction of sp³-hybridized carbons (Fsp3) is 0.400. The quantitative estimate of drug-likeness (QED) is 0.350. The number of methoxy groups -OCH3 is 1. The molecule has 1 spiro atoms. The van der Waals surface area contributed by atoms with Gasteiger partial charge in [0.15, 0.2) is 0 Å². The van der Waals surface area contributed by atoms with Crippen molar-refractivity contribution in [1.82, 2.24) is 15.3 Å². The molecule has 3 aromatic carbocycles. The van der Waals surface area contributed by atoms with Gasteiger partial charge < -0.3 is 20.3 Å². The Morgan fingerprint density at radius 2 is 1.69 bits per heavy atom. The Hall–Kier alpha value is -3.38. The molecule has 36 heavy (non-hydrogen) atoms. The summed E-state index contributed by atoms with van der Waals surface area (Å²) in [7, 11) is 5.84. The monoisotopic (exact) mass is 481 g/mol. The SMILES string of the molecule is COc1ccc2ccccc2c1CN[C@@H]1CC12CCC(Nc1nc(N(C)C)c3ccccc3n1)CC2. The zero-order valence-electron chi connectivity index (χ0n) is 21.4. The fourth-order valence-corrected chi connectivity index (χ4v) is 6.09. The predicted octanol–water partition coefficient (Wildman–Crippen LogP) is 5.76. The normalized spacial score (nSPS) is 23.2. The molecular weight excluding hydrogens is 446 g/mol. The average molecular weight is 482 g/mol. The van der Waals surface area contributed by atoms with Crippen LogP contribution in [0.15, 0.2) is 60.7 Å². The molecule has 2 fully saturated rings. The first kappa shape index (κ1) is 23.0. The topological polar surface area (TPSA) is 62.3 Å². The Labute approximate surface area is 213 Å². The van der Waals surface area contributed by atoms with Crippen LogP contribution in [0.25, 0.3) is 21.7 Å². The van der Waals surface area contributed by atoms with Gasteiger partial charge in [0.1, 0.15) is 11.6 Å². The molecular formula is C30H35N5O. The molecule has 0 saturated heterocycles. The molecule has 2 N–H and O–H groups in total. The van der Waals surface area contributed by atoms with Crippen molar-refractivity contribution in [3.05, 3.63) is 66.2 Å². The summed E-state index contributed by atoms with van der Waals surface area (Å²) < 4.78 is 5.70. The highest BCUT2D eigenvalue weighted by Crippen LogP contribution is 2.56. The van der Waals surface area contributed by atoms with E-state index in [0.717, 1.165) is 47.8 Å². The molecule has 1 atom stereocenters. The Bertz CT molecular complexity index is 1390. The molecule has 186 valence electrons. The summed E-state index contributed by atoms with van der Waals surface area (Å²) in [4.78, 5) is 11.7. The largest absolute Gasteiger partial charge is 0.496 e. The van der Waals surface area contributed by atoms with E-state index >= 15 is 0 Å². The fourth-order valence-electron chi connectivity index (χ4n) is 6.09. The van der Waals surface area contributed by atoms with Gasteiger partial charge in [-0.2, -0.15) is 4.98 Å². The van der Waals surface area contributed by atoms with Crippen molar-refractivity contribution in [3.63, 3.8) is 0 Å². The van der Waals surface area contributed by atoms with E-state index in [2.05, 4.69) is 64.1 Å². The molecule has 1 heterocycles. The molecule has 6 heteroatoms. The molecule has 6 nitrogen and oxygen atoms in total. The van der Waals surface area contributed by atoms with Gasteiger partial charge in [0.05, 0.1) is 12.6 Å². The highest BCUT2D eigenvalue weighted by Gasteiger charge is 2.54. The Morgan fingerprint density at radius 3 is 2.47 bits per heavy atom. The third-order valence-electron chi connectivity index (χ3n) is 8.25. The van der Waals surface area contributed by atoms with Crippen molar-refractivity contribution in [2.24, 2.45) is 5.41 Å². The molecule has 2 aliphatic carbocycles. The number of rotatable bonds is 7. The number of anilines is 2. The van der Waals surface area contributed by atoms with Crippen LogP contribution >= 0.6 is 0 Å². The van der Waals surface area contributed by atoms with Gasteiger partial charge in [-0.05, 0) is 66.5 Å². The smallest absolute Gasteiger partial charge is 0.225 e. The van der Waals surface area contributed by atoms with Crippen LogP contribution in [0.4, 0.5) is 11.8 Å². The molecule has 0 unspecified atom stereocenters. The number of hydrogen-bond acceptors (Lipinski definition) is 6.